The molecule has 0 atom stereocenters. The second-order valence-electron chi connectivity index (χ2n) is 3.52. The number of hydrogen-bond donors (Lipinski definition) is 1. The summed E-state index contributed by atoms with van der Waals surface area (Å²) in [5.74, 6) is 0. The van der Waals surface area contributed by atoms with Gasteiger partial charge >= 0.3 is 6.18 Å². The van der Waals surface area contributed by atoms with E-state index >= 15 is 0 Å². The van der Waals surface area contributed by atoms with Gasteiger partial charge in [0.1, 0.15) is 5.15 Å². The van der Waals surface area contributed by atoms with Gasteiger partial charge in [-0.3, -0.25) is 0 Å². The van der Waals surface area contributed by atoms with Crippen LogP contribution in [0.15, 0.2) is 29.6 Å². The molecule has 0 saturated carbocycles. The number of halogens is 4. The first-order valence-electron chi connectivity index (χ1n) is 4.96. The number of benzene rings is 1. The first kappa shape index (κ1) is 13.2. The molecule has 2 aromatic rings. The van der Waals surface area contributed by atoms with E-state index in [1.807, 2.05) is 0 Å². The number of alkyl halides is 3. The Morgan fingerprint density at radius 1 is 1.22 bits per heavy atom. The molecule has 1 N–H and O–H groups in total. The average molecular weight is 293 g/mol. The van der Waals surface area contributed by atoms with E-state index in [1.165, 1.54) is 23.5 Å². The largest absolute Gasteiger partial charge is 0.416 e. The minimum absolute atomic E-state index is 0.398. The minimum Gasteiger partial charge on any atom is -0.357 e. The fourth-order valence-corrected chi connectivity index (χ4v) is 2.16. The van der Waals surface area contributed by atoms with Crippen LogP contribution in [-0.4, -0.2) is 4.98 Å². The summed E-state index contributed by atoms with van der Waals surface area (Å²) in [6.45, 7) is 0.405. The maximum atomic E-state index is 12.3. The van der Waals surface area contributed by atoms with Gasteiger partial charge < -0.3 is 5.32 Å². The van der Waals surface area contributed by atoms with Crippen LogP contribution < -0.4 is 5.32 Å². The van der Waals surface area contributed by atoms with Crippen molar-refractivity contribution in [1.82, 2.24) is 4.98 Å². The highest BCUT2D eigenvalue weighted by Crippen LogP contribution is 2.29. The van der Waals surface area contributed by atoms with Crippen molar-refractivity contribution in [3.8, 4) is 0 Å². The van der Waals surface area contributed by atoms with Crippen LogP contribution in [-0.2, 0) is 12.7 Å². The first-order chi connectivity index (χ1) is 8.45. The molecule has 0 bridgehead atoms. The van der Waals surface area contributed by atoms with Crippen LogP contribution >= 0.6 is 22.9 Å². The van der Waals surface area contributed by atoms with Crippen molar-refractivity contribution in [3.63, 3.8) is 0 Å². The van der Waals surface area contributed by atoms with Crippen LogP contribution in [0.25, 0.3) is 0 Å². The number of anilines is 1. The van der Waals surface area contributed by atoms with Gasteiger partial charge in [-0.2, -0.15) is 13.2 Å². The molecule has 0 unspecified atom stereocenters. The predicted octanol–water partition coefficient (Wildman–Crippen LogP) is 4.43. The molecule has 1 aromatic heterocycles. The van der Waals surface area contributed by atoms with E-state index in [-0.39, 0.29) is 0 Å². The Hall–Kier alpha value is -1.27. The van der Waals surface area contributed by atoms with Crippen LogP contribution in [0.3, 0.4) is 0 Å². The molecular formula is C11H8ClF3N2S. The van der Waals surface area contributed by atoms with E-state index in [0.717, 1.165) is 17.7 Å². The van der Waals surface area contributed by atoms with Crippen LogP contribution in [0.2, 0.25) is 5.15 Å². The summed E-state index contributed by atoms with van der Waals surface area (Å²) in [6, 6.07) is 4.99. The second-order valence-corrected chi connectivity index (χ2v) is 4.77. The lowest BCUT2D eigenvalue weighted by Gasteiger charge is -2.07. The highest BCUT2D eigenvalue weighted by atomic mass is 35.5. The zero-order valence-corrected chi connectivity index (χ0v) is 10.5. The molecule has 7 heteroatoms. The zero-order chi connectivity index (χ0) is 13.2. The Morgan fingerprint density at radius 2 is 1.89 bits per heavy atom. The molecule has 2 rings (SSSR count). The third-order valence-corrected chi connectivity index (χ3v) is 3.32. The summed E-state index contributed by atoms with van der Waals surface area (Å²) < 4.78 is 37.0. The fourth-order valence-electron chi connectivity index (χ4n) is 1.32. The van der Waals surface area contributed by atoms with Gasteiger partial charge in [-0.25, -0.2) is 4.98 Å². The third kappa shape index (κ3) is 3.36. The van der Waals surface area contributed by atoms with Crippen molar-refractivity contribution in [2.45, 2.75) is 12.7 Å². The lowest BCUT2D eigenvalue weighted by molar-refractivity contribution is -0.137. The fraction of sp³-hybridized carbons (Fsp3) is 0.182. The summed E-state index contributed by atoms with van der Waals surface area (Å²) in [6.07, 6.45) is -4.30. The smallest absolute Gasteiger partial charge is 0.357 e. The van der Waals surface area contributed by atoms with Gasteiger partial charge in [0.2, 0.25) is 0 Å². The Balaban J connectivity index is 1.98. The number of nitrogens with zero attached hydrogens (tertiary/aromatic N) is 1. The summed E-state index contributed by atoms with van der Waals surface area (Å²) in [4.78, 5) is 3.98. The number of aromatic nitrogens is 1. The molecule has 0 spiro atoms. The van der Waals surface area contributed by atoms with Crippen molar-refractivity contribution in [2.24, 2.45) is 0 Å². The van der Waals surface area contributed by atoms with Gasteiger partial charge in [-0.05, 0) is 17.7 Å². The molecule has 0 amide bonds. The van der Waals surface area contributed by atoms with E-state index in [9.17, 15) is 13.2 Å². The normalized spacial score (nSPS) is 11.6. The molecule has 0 aliphatic carbocycles. The summed E-state index contributed by atoms with van der Waals surface area (Å²) in [5, 5.41) is 5.70. The van der Waals surface area contributed by atoms with Crippen LogP contribution in [0.5, 0.6) is 0 Å². The standard InChI is InChI=1S/C11H8ClF3N2S/c12-9-6-18-10(17-9)16-5-7-1-3-8(4-2-7)11(13,14)15/h1-4,6H,5H2,(H,16,17). The van der Waals surface area contributed by atoms with Gasteiger partial charge in [0.05, 0.1) is 5.56 Å². The third-order valence-electron chi connectivity index (χ3n) is 2.20. The summed E-state index contributed by atoms with van der Waals surface area (Å²) >= 11 is 6.99. The molecule has 0 fully saturated rings. The molecular weight excluding hydrogens is 285 g/mol. The monoisotopic (exact) mass is 292 g/mol. The SMILES string of the molecule is FC(F)(F)c1ccc(CNc2nc(Cl)cs2)cc1. The minimum atomic E-state index is -4.30. The van der Waals surface area contributed by atoms with E-state index in [0.29, 0.717) is 16.8 Å². The van der Waals surface area contributed by atoms with Gasteiger partial charge in [0, 0.05) is 11.9 Å². The molecule has 1 heterocycles. The molecule has 0 aliphatic heterocycles. The molecule has 2 nitrogen and oxygen atoms in total. The Labute approximate surface area is 110 Å². The average Bonchev–Trinajstić information content (AvgIpc) is 2.72. The maximum absolute atomic E-state index is 12.3. The Morgan fingerprint density at radius 3 is 2.39 bits per heavy atom. The highest BCUT2D eigenvalue weighted by Gasteiger charge is 2.29. The lowest BCUT2D eigenvalue weighted by Crippen LogP contribution is -2.05. The van der Waals surface area contributed by atoms with E-state index in [4.69, 9.17) is 11.6 Å². The second kappa shape index (κ2) is 5.16. The summed E-state index contributed by atoms with van der Waals surface area (Å²) in [5.41, 5.74) is 0.0952. The van der Waals surface area contributed by atoms with Gasteiger partial charge in [-0.15, -0.1) is 11.3 Å². The van der Waals surface area contributed by atoms with Crippen molar-refractivity contribution in [1.29, 1.82) is 0 Å². The number of rotatable bonds is 3. The molecule has 18 heavy (non-hydrogen) atoms. The van der Waals surface area contributed by atoms with Crippen LogP contribution in [0.1, 0.15) is 11.1 Å². The summed E-state index contributed by atoms with van der Waals surface area (Å²) in [7, 11) is 0. The van der Waals surface area contributed by atoms with Gasteiger partial charge in [0.15, 0.2) is 5.13 Å². The van der Waals surface area contributed by atoms with E-state index < -0.39 is 11.7 Å². The van der Waals surface area contributed by atoms with Crippen LogP contribution in [0.4, 0.5) is 18.3 Å². The molecule has 0 saturated heterocycles. The molecule has 1 aromatic carbocycles. The Bertz CT molecular complexity index is 522. The Kier molecular flexibility index (Phi) is 3.77. The van der Waals surface area contributed by atoms with Crippen molar-refractivity contribution < 1.29 is 13.2 Å². The molecule has 0 radical (unpaired) electrons. The lowest BCUT2D eigenvalue weighted by atomic mass is 10.1. The van der Waals surface area contributed by atoms with Crippen LogP contribution in [0, 0.1) is 0 Å². The van der Waals surface area contributed by atoms with E-state index in [2.05, 4.69) is 10.3 Å². The van der Waals surface area contributed by atoms with Crippen molar-refractivity contribution in [2.75, 3.05) is 5.32 Å². The quantitative estimate of drug-likeness (QED) is 0.905. The maximum Gasteiger partial charge on any atom is 0.416 e. The molecule has 96 valence electrons. The number of hydrogen-bond acceptors (Lipinski definition) is 3. The predicted molar refractivity (Wildman–Crippen MR) is 65.9 cm³/mol. The highest BCUT2D eigenvalue weighted by molar-refractivity contribution is 7.14. The topological polar surface area (TPSA) is 24.9 Å². The molecule has 0 aliphatic rings. The van der Waals surface area contributed by atoms with Crippen molar-refractivity contribution >= 4 is 28.1 Å². The van der Waals surface area contributed by atoms with Gasteiger partial charge in [0.25, 0.3) is 0 Å². The first-order valence-corrected chi connectivity index (χ1v) is 6.22. The van der Waals surface area contributed by atoms with Crippen molar-refractivity contribution in [3.05, 3.63) is 45.9 Å². The zero-order valence-electron chi connectivity index (χ0n) is 8.96. The number of thiazole rings is 1. The number of nitrogens with one attached hydrogen (secondary N) is 1. The van der Waals surface area contributed by atoms with E-state index in [1.54, 1.807) is 5.38 Å². The van der Waals surface area contributed by atoms with Gasteiger partial charge in [-0.1, -0.05) is 23.7 Å².